The Morgan fingerprint density at radius 3 is 2.44 bits per heavy atom. The molecule has 0 amide bonds. The average molecular weight is 246 g/mol. The van der Waals surface area contributed by atoms with E-state index in [2.05, 4.69) is 11.0 Å². The maximum Gasteiger partial charge on any atom is 0.162 e. The van der Waals surface area contributed by atoms with Crippen molar-refractivity contribution >= 4 is 5.69 Å². The van der Waals surface area contributed by atoms with Gasteiger partial charge in [-0.05, 0) is 25.0 Å². The summed E-state index contributed by atoms with van der Waals surface area (Å²) in [7, 11) is 5.24. The Bertz CT molecular complexity index is 475. The van der Waals surface area contributed by atoms with Crippen LogP contribution >= 0.6 is 0 Å². The minimum atomic E-state index is -0.137. The summed E-state index contributed by atoms with van der Waals surface area (Å²) in [5.41, 5.74) is 0.899. The standard InChI is InChI=1S/C14H18N2O2/c1-16(10-14(9-15)6-7-14)11-4-5-12(17-2)13(8-11)18-3/h4-5,8H,6-7,10H2,1-3H3. The van der Waals surface area contributed by atoms with E-state index in [9.17, 15) is 0 Å². The van der Waals surface area contributed by atoms with Crippen molar-refractivity contribution in [2.45, 2.75) is 12.8 Å². The Hall–Kier alpha value is -1.89. The fraction of sp³-hybridized carbons (Fsp3) is 0.500. The van der Waals surface area contributed by atoms with Gasteiger partial charge in [-0.15, -0.1) is 0 Å². The van der Waals surface area contributed by atoms with Crippen LogP contribution in [0.3, 0.4) is 0 Å². The van der Waals surface area contributed by atoms with E-state index in [1.54, 1.807) is 14.2 Å². The number of rotatable bonds is 5. The van der Waals surface area contributed by atoms with Crippen LogP contribution in [-0.4, -0.2) is 27.8 Å². The van der Waals surface area contributed by atoms with Crippen molar-refractivity contribution in [3.63, 3.8) is 0 Å². The summed E-state index contributed by atoms with van der Waals surface area (Å²) in [6.45, 7) is 0.763. The van der Waals surface area contributed by atoms with Gasteiger partial charge in [0.2, 0.25) is 0 Å². The first-order valence-electron chi connectivity index (χ1n) is 5.98. The quantitative estimate of drug-likeness (QED) is 0.800. The molecule has 1 aromatic rings. The van der Waals surface area contributed by atoms with Gasteiger partial charge < -0.3 is 14.4 Å². The molecular weight excluding hydrogens is 228 g/mol. The van der Waals surface area contributed by atoms with Crippen molar-refractivity contribution < 1.29 is 9.47 Å². The molecule has 96 valence electrons. The van der Waals surface area contributed by atoms with Crippen molar-refractivity contribution in [3.05, 3.63) is 18.2 Å². The summed E-state index contributed by atoms with van der Waals surface area (Å²) in [4.78, 5) is 2.10. The van der Waals surface area contributed by atoms with E-state index in [0.717, 1.165) is 30.8 Å². The highest BCUT2D eigenvalue weighted by Gasteiger charge is 2.44. The fourth-order valence-electron chi connectivity index (χ4n) is 2.06. The van der Waals surface area contributed by atoms with Crippen LogP contribution in [0.4, 0.5) is 5.69 Å². The Morgan fingerprint density at radius 1 is 1.28 bits per heavy atom. The van der Waals surface area contributed by atoms with Crippen LogP contribution in [0.25, 0.3) is 0 Å². The summed E-state index contributed by atoms with van der Waals surface area (Å²) in [5.74, 6) is 1.43. The molecule has 4 nitrogen and oxygen atoms in total. The second-order valence-electron chi connectivity index (χ2n) is 4.79. The number of ether oxygens (including phenoxy) is 2. The van der Waals surface area contributed by atoms with Crippen molar-refractivity contribution in [1.29, 1.82) is 5.26 Å². The third-order valence-electron chi connectivity index (χ3n) is 3.44. The van der Waals surface area contributed by atoms with E-state index in [1.807, 2.05) is 25.2 Å². The van der Waals surface area contributed by atoms with Crippen LogP contribution in [0.1, 0.15) is 12.8 Å². The van der Waals surface area contributed by atoms with E-state index in [1.165, 1.54) is 0 Å². The summed E-state index contributed by atoms with van der Waals surface area (Å²) < 4.78 is 10.5. The number of benzene rings is 1. The van der Waals surface area contributed by atoms with Crippen molar-refractivity contribution in [3.8, 4) is 17.6 Å². The van der Waals surface area contributed by atoms with Crippen molar-refractivity contribution in [1.82, 2.24) is 0 Å². The maximum absolute atomic E-state index is 9.11. The van der Waals surface area contributed by atoms with Gasteiger partial charge in [0.25, 0.3) is 0 Å². The van der Waals surface area contributed by atoms with Crippen LogP contribution in [-0.2, 0) is 0 Å². The molecule has 0 radical (unpaired) electrons. The summed E-state index contributed by atoms with van der Waals surface area (Å²) >= 11 is 0. The summed E-state index contributed by atoms with van der Waals surface area (Å²) in [6, 6.07) is 8.21. The zero-order valence-corrected chi connectivity index (χ0v) is 11.1. The maximum atomic E-state index is 9.11. The zero-order valence-electron chi connectivity index (χ0n) is 11.1. The van der Waals surface area contributed by atoms with E-state index < -0.39 is 0 Å². The molecule has 18 heavy (non-hydrogen) atoms. The fourth-order valence-corrected chi connectivity index (χ4v) is 2.06. The molecule has 0 spiro atoms. The molecule has 4 heteroatoms. The third kappa shape index (κ3) is 2.35. The van der Waals surface area contributed by atoms with Crippen LogP contribution in [0.5, 0.6) is 11.5 Å². The van der Waals surface area contributed by atoms with E-state index in [-0.39, 0.29) is 5.41 Å². The van der Waals surface area contributed by atoms with E-state index in [0.29, 0.717) is 5.75 Å². The van der Waals surface area contributed by atoms with Gasteiger partial charge in [-0.2, -0.15) is 5.26 Å². The molecule has 2 rings (SSSR count). The molecule has 0 aromatic heterocycles. The number of hydrogen-bond donors (Lipinski definition) is 0. The van der Waals surface area contributed by atoms with E-state index >= 15 is 0 Å². The highest BCUT2D eigenvalue weighted by Crippen LogP contribution is 2.46. The number of nitrogens with zero attached hydrogens (tertiary/aromatic N) is 2. The van der Waals surface area contributed by atoms with Gasteiger partial charge in [0, 0.05) is 25.3 Å². The Balaban J connectivity index is 2.15. The molecule has 1 aromatic carbocycles. The topological polar surface area (TPSA) is 45.5 Å². The highest BCUT2D eigenvalue weighted by atomic mass is 16.5. The van der Waals surface area contributed by atoms with Crippen LogP contribution in [0.15, 0.2) is 18.2 Å². The lowest BCUT2D eigenvalue weighted by Gasteiger charge is -2.22. The van der Waals surface area contributed by atoms with E-state index in [4.69, 9.17) is 14.7 Å². The Labute approximate surface area is 108 Å². The predicted octanol–water partition coefficient (Wildman–Crippen LogP) is 2.44. The number of anilines is 1. The lowest BCUT2D eigenvalue weighted by molar-refractivity contribution is 0.355. The van der Waals surface area contributed by atoms with Gasteiger partial charge in [0.1, 0.15) is 0 Å². The Kier molecular flexibility index (Phi) is 3.33. The highest BCUT2D eigenvalue weighted by molar-refractivity contribution is 5.56. The Morgan fingerprint density at radius 2 is 1.94 bits per heavy atom. The lowest BCUT2D eigenvalue weighted by Crippen LogP contribution is -2.25. The molecule has 0 atom stereocenters. The average Bonchev–Trinajstić information content (AvgIpc) is 3.18. The minimum Gasteiger partial charge on any atom is -0.493 e. The third-order valence-corrected chi connectivity index (χ3v) is 3.44. The summed E-state index contributed by atoms with van der Waals surface area (Å²) in [6.07, 6.45) is 2.00. The van der Waals surface area contributed by atoms with Crippen LogP contribution in [0.2, 0.25) is 0 Å². The molecule has 0 saturated heterocycles. The van der Waals surface area contributed by atoms with Gasteiger partial charge in [0.15, 0.2) is 11.5 Å². The monoisotopic (exact) mass is 246 g/mol. The molecule has 1 aliphatic carbocycles. The first kappa shape index (κ1) is 12.6. The molecule has 1 saturated carbocycles. The number of hydrogen-bond acceptors (Lipinski definition) is 4. The van der Waals surface area contributed by atoms with Crippen molar-refractivity contribution in [2.75, 3.05) is 32.7 Å². The van der Waals surface area contributed by atoms with Crippen molar-refractivity contribution in [2.24, 2.45) is 5.41 Å². The normalized spacial score (nSPS) is 15.7. The van der Waals surface area contributed by atoms with Crippen LogP contribution in [0, 0.1) is 16.7 Å². The smallest absolute Gasteiger partial charge is 0.162 e. The van der Waals surface area contributed by atoms with Gasteiger partial charge in [0.05, 0.1) is 25.7 Å². The largest absolute Gasteiger partial charge is 0.493 e. The minimum absolute atomic E-state index is 0.137. The molecule has 0 heterocycles. The van der Waals surface area contributed by atoms with Gasteiger partial charge in [-0.25, -0.2) is 0 Å². The second kappa shape index (κ2) is 4.77. The second-order valence-corrected chi connectivity index (χ2v) is 4.79. The first-order valence-corrected chi connectivity index (χ1v) is 5.98. The van der Waals surface area contributed by atoms with Gasteiger partial charge >= 0.3 is 0 Å². The number of nitriles is 1. The molecular formula is C14H18N2O2. The van der Waals surface area contributed by atoms with Gasteiger partial charge in [-0.3, -0.25) is 0 Å². The zero-order chi connectivity index (χ0) is 13.2. The molecule has 0 aliphatic heterocycles. The molecule has 0 unspecified atom stereocenters. The molecule has 1 aliphatic rings. The summed E-state index contributed by atoms with van der Waals surface area (Å²) in [5, 5.41) is 9.11. The lowest BCUT2D eigenvalue weighted by atomic mass is 10.1. The van der Waals surface area contributed by atoms with Crippen LogP contribution < -0.4 is 14.4 Å². The number of methoxy groups -OCH3 is 2. The first-order chi connectivity index (χ1) is 8.64. The SMILES string of the molecule is COc1ccc(N(C)CC2(C#N)CC2)cc1OC. The molecule has 0 N–H and O–H groups in total. The van der Waals surface area contributed by atoms with Gasteiger partial charge in [-0.1, -0.05) is 0 Å². The molecule has 1 fully saturated rings. The predicted molar refractivity (Wildman–Crippen MR) is 70.1 cm³/mol. The molecule has 0 bridgehead atoms.